The molecule has 0 aromatic heterocycles. The van der Waals surface area contributed by atoms with E-state index in [-0.39, 0.29) is 149 Å². The van der Waals surface area contributed by atoms with Crippen molar-refractivity contribution in [3.05, 3.63) is 29.8 Å². The van der Waals surface area contributed by atoms with Crippen molar-refractivity contribution in [1.29, 1.82) is 0 Å². The van der Waals surface area contributed by atoms with Crippen molar-refractivity contribution in [2.75, 3.05) is 45.9 Å². The van der Waals surface area contributed by atoms with E-state index in [9.17, 15) is 24.0 Å². The Hall–Kier alpha value is 0.290. The molecule has 5 N–H and O–H groups in total. The smallest absolute Gasteiger partial charge is 1.00 e. The zero-order chi connectivity index (χ0) is 25.4. The van der Waals surface area contributed by atoms with Crippen LogP contribution in [-0.4, -0.2) is 111 Å². The van der Waals surface area contributed by atoms with Crippen molar-refractivity contribution < 1.29 is 178 Å². The summed E-state index contributed by atoms with van der Waals surface area (Å²) in [4.78, 5) is 55.6. The molecule has 0 saturated carbocycles. The molecule has 0 heterocycles. The van der Waals surface area contributed by atoms with Crippen LogP contribution >= 0.6 is 0 Å². The fraction of sp³-hybridized carbons (Fsp3) is 0.450. The zero-order valence-corrected chi connectivity index (χ0v) is 30.0. The summed E-state index contributed by atoms with van der Waals surface area (Å²) in [5, 5.41) is 43.4. The summed E-state index contributed by atoms with van der Waals surface area (Å²) in [7, 11) is 0. The minimum atomic E-state index is -1.23. The van der Waals surface area contributed by atoms with Crippen LogP contribution in [0.3, 0.4) is 0 Å². The molecule has 0 radical (unpaired) electrons. The molecule has 0 atom stereocenters. The second-order valence-corrected chi connectivity index (χ2v) is 6.68. The average Bonchev–Trinajstić information content (AvgIpc) is 2.69. The van der Waals surface area contributed by atoms with Gasteiger partial charge in [0.1, 0.15) is 5.75 Å². The summed E-state index contributed by atoms with van der Waals surface area (Å²) >= 11 is 0. The fourth-order valence-corrected chi connectivity index (χ4v) is 2.35. The summed E-state index contributed by atoms with van der Waals surface area (Å²) in [6.45, 7) is 0.114. The van der Waals surface area contributed by atoms with Gasteiger partial charge in [0.15, 0.2) is 0 Å². The molecule has 0 unspecified atom stereocenters. The first kappa shape index (κ1) is 47.1. The van der Waals surface area contributed by atoms with Crippen molar-refractivity contribution in [2.24, 2.45) is 0 Å². The summed E-state index contributed by atoms with van der Waals surface area (Å²) in [5.41, 5.74) is 0.464. The van der Waals surface area contributed by atoms with E-state index in [1.165, 1.54) is 24.3 Å². The number of carbonyl (C=O) groups is 5. The number of phenolic OH excluding ortho intramolecular Hbond substituents is 1. The van der Waals surface area contributed by atoms with Gasteiger partial charge in [-0.15, -0.1) is 0 Å². The number of carboxylic acids is 4. The number of nitrogens with zero attached hydrogens (tertiary/aromatic N) is 2. The number of carbonyl (C=O) groups excluding carboxylic acids is 1. The molecule has 0 amide bonds. The van der Waals surface area contributed by atoms with Crippen LogP contribution in [0.5, 0.6) is 5.75 Å². The van der Waals surface area contributed by atoms with Crippen molar-refractivity contribution in [3.63, 3.8) is 0 Å². The van der Waals surface area contributed by atoms with Gasteiger partial charge >= 0.3 is 148 Å². The largest absolute Gasteiger partial charge is 1.00 e. The number of ether oxygens (including phenoxy) is 1. The Morgan fingerprint density at radius 2 is 1.03 bits per heavy atom. The van der Waals surface area contributed by atoms with Crippen molar-refractivity contribution >= 4 is 29.8 Å². The predicted octanol–water partition coefficient (Wildman–Crippen LogP) is -11.6. The number of phenols is 1. The molecule has 0 bridgehead atoms. The van der Waals surface area contributed by atoms with Crippen LogP contribution in [-0.2, 0) is 23.9 Å². The van der Waals surface area contributed by atoms with Crippen LogP contribution in [0.1, 0.15) is 29.4 Å². The summed E-state index contributed by atoms with van der Waals surface area (Å²) in [6, 6.07) is 5.99. The molecular formula is C20H32N2Na4O11. The third-order valence-electron chi connectivity index (χ3n) is 3.71. The fourth-order valence-electron chi connectivity index (χ4n) is 2.35. The molecule has 0 aliphatic rings. The van der Waals surface area contributed by atoms with Crippen LogP contribution in [0.15, 0.2) is 24.3 Å². The van der Waals surface area contributed by atoms with Gasteiger partial charge in [-0.1, -0.05) is 6.92 Å². The molecule has 37 heavy (non-hydrogen) atoms. The number of esters is 1. The van der Waals surface area contributed by atoms with Gasteiger partial charge in [0.25, 0.3) is 0 Å². The second-order valence-electron chi connectivity index (χ2n) is 6.68. The third kappa shape index (κ3) is 27.6. The first-order valence-electron chi connectivity index (χ1n) is 9.72. The first-order chi connectivity index (χ1) is 15.4. The molecule has 0 aliphatic carbocycles. The average molecular weight is 568 g/mol. The zero-order valence-electron chi connectivity index (χ0n) is 26.0. The van der Waals surface area contributed by atoms with Gasteiger partial charge in [-0.3, -0.25) is 29.0 Å². The topological polar surface area (TPSA) is 202 Å². The van der Waals surface area contributed by atoms with E-state index in [0.29, 0.717) is 12.2 Å². The minimum absolute atomic E-state index is 0. The van der Waals surface area contributed by atoms with E-state index in [0.717, 1.165) is 16.2 Å². The molecule has 1 aromatic carbocycles. The quantitative estimate of drug-likeness (QED) is 0.105. The summed E-state index contributed by atoms with van der Waals surface area (Å²) in [5.74, 6) is -5.11. The Morgan fingerprint density at radius 1 is 0.703 bits per heavy atom. The number of rotatable bonds is 14. The number of hydrogen-bond acceptors (Lipinski definition) is 9. The number of aliphatic carboxylic acids is 4. The maximum Gasteiger partial charge on any atom is 1.00 e. The molecule has 0 saturated heterocycles. The number of aromatic hydroxyl groups is 1. The van der Waals surface area contributed by atoms with Crippen LogP contribution in [0.4, 0.5) is 0 Å². The van der Waals surface area contributed by atoms with Gasteiger partial charge in [0, 0.05) is 13.1 Å². The van der Waals surface area contributed by atoms with E-state index in [1.54, 1.807) is 0 Å². The number of benzene rings is 1. The van der Waals surface area contributed by atoms with Gasteiger partial charge in [-0.05, 0) is 30.7 Å². The molecule has 17 heteroatoms. The molecule has 0 spiro atoms. The van der Waals surface area contributed by atoms with E-state index >= 15 is 0 Å². The monoisotopic (exact) mass is 568 g/mol. The molecule has 13 nitrogen and oxygen atoms in total. The van der Waals surface area contributed by atoms with Gasteiger partial charge in [0.2, 0.25) is 0 Å². The molecule has 0 fully saturated rings. The minimum Gasteiger partial charge on any atom is -1.00 e. The predicted molar refractivity (Wildman–Crippen MR) is 117 cm³/mol. The van der Waals surface area contributed by atoms with Crippen molar-refractivity contribution in [1.82, 2.24) is 9.80 Å². The molecular weight excluding hydrogens is 536 g/mol. The van der Waals surface area contributed by atoms with E-state index < -0.39 is 50.1 Å². The maximum atomic E-state index is 11.2. The Labute approximate surface area is 309 Å². The summed E-state index contributed by atoms with van der Waals surface area (Å²) in [6.07, 6.45) is 0.809. The first-order valence-corrected chi connectivity index (χ1v) is 9.72. The second kappa shape index (κ2) is 27.8. The van der Waals surface area contributed by atoms with Crippen molar-refractivity contribution in [2.45, 2.75) is 13.3 Å². The van der Waals surface area contributed by atoms with Gasteiger partial charge in [-0.25, -0.2) is 4.79 Å². The standard InChI is InChI=1S/C10H16N2O8.C10H12O3.4Na.4H/c13-7(14)3-11(4-8(15)16)1-2-12(5-9(17)18)6-10(19)20;1-2-7-13-10(12)8-3-5-9(11)6-4-8;;;;;;;;/h1-6H2,(H,13,14)(H,15,16)(H,17,18)(H,19,20);3-6,11H,2,7H2,1H3;;;;;;;;/q;;4*+1;4*-1. The van der Waals surface area contributed by atoms with Crippen LogP contribution in [0, 0.1) is 0 Å². The van der Waals surface area contributed by atoms with E-state index in [4.69, 9.17) is 30.3 Å². The van der Waals surface area contributed by atoms with E-state index in [1.807, 2.05) is 6.92 Å². The number of carboxylic acid groups (broad SMARTS) is 4. The summed E-state index contributed by atoms with van der Waals surface area (Å²) < 4.78 is 4.90. The normalized spacial score (nSPS) is 9.16. The van der Waals surface area contributed by atoms with Crippen LogP contribution in [0.25, 0.3) is 0 Å². The molecule has 192 valence electrons. The third-order valence-corrected chi connectivity index (χ3v) is 3.71. The number of hydrogen-bond donors (Lipinski definition) is 5. The van der Waals surface area contributed by atoms with Crippen molar-refractivity contribution in [3.8, 4) is 5.75 Å². The van der Waals surface area contributed by atoms with Gasteiger partial charge in [-0.2, -0.15) is 0 Å². The Morgan fingerprint density at radius 3 is 1.30 bits per heavy atom. The Balaban J connectivity index is -0.0000000626. The SMILES string of the molecule is CCCOC(=O)c1ccc(O)cc1.O=C(O)CN(CCN(CC(=O)O)CC(=O)O)CC(=O)O.[H-].[H-].[H-].[H-].[Na+].[Na+].[Na+].[Na+]. The van der Waals surface area contributed by atoms with Crippen LogP contribution < -0.4 is 118 Å². The maximum absolute atomic E-state index is 11.2. The molecule has 1 aromatic rings. The van der Waals surface area contributed by atoms with Gasteiger partial charge < -0.3 is 36.0 Å². The molecule has 1 rings (SSSR count). The van der Waals surface area contributed by atoms with Gasteiger partial charge in [0.05, 0.1) is 38.3 Å². The Kier molecular flexibility index (Phi) is 35.4. The van der Waals surface area contributed by atoms with Crippen LogP contribution in [0.2, 0.25) is 0 Å². The molecule has 0 aliphatic heterocycles. The van der Waals surface area contributed by atoms with E-state index in [2.05, 4.69) is 0 Å². The Bertz CT molecular complexity index is 765.